The van der Waals surface area contributed by atoms with Crippen LogP contribution in [-0.4, -0.2) is 22.6 Å². The Bertz CT molecular complexity index is 901. The van der Waals surface area contributed by atoms with E-state index in [-0.39, 0.29) is 6.04 Å². The maximum absolute atomic E-state index is 10.8. The second-order valence-corrected chi connectivity index (χ2v) is 6.56. The number of amides is 1. The molecule has 5 heteroatoms. The van der Waals surface area contributed by atoms with E-state index in [1.807, 2.05) is 31.2 Å². The Morgan fingerprint density at radius 2 is 2.00 bits per heavy atom. The highest BCUT2D eigenvalue weighted by molar-refractivity contribution is 5.76. The average Bonchev–Trinajstić information content (AvgIpc) is 3.01. The van der Waals surface area contributed by atoms with E-state index >= 15 is 0 Å². The Hall–Kier alpha value is -2.82. The summed E-state index contributed by atoms with van der Waals surface area (Å²) in [5.74, 6) is 1.77. The molecular weight excluding hydrogens is 326 g/mol. The van der Waals surface area contributed by atoms with Crippen molar-refractivity contribution in [3.63, 3.8) is 0 Å². The highest BCUT2D eigenvalue weighted by atomic mass is 16.5. The summed E-state index contributed by atoms with van der Waals surface area (Å²) in [5, 5.41) is 2.80. The predicted molar refractivity (Wildman–Crippen MR) is 103 cm³/mol. The van der Waals surface area contributed by atoms with E-state index in [0.717, 1.165) is 42.0 Å². The number of hydrogen-bond donors (Lipinski definition) is 1. The molecule has 0 aliphatic carbocycles. The van der Waals surface area contributed by atoms with Gasteiger partial charge in [-0.3, -0.25) is 4.79 Å². The van der Waals surface area contributed by atoms with Crippen LogP contribution in [0.5, 0.6) is 5.75 Å². The first-order valence-corrected chi connectivity index (χ1v) is 8.95. The zero-order valence-corrected chi connectivity index (χ0v) is 15.5. The third-order valence-electron chi connectivity index (χ3n) is 4.66. The molecule has 0 aliphatic heterocycles. The molecule has 1 atom stereocenters. The van der Waals surface area contributed by atoms with E-state index in [4.69, 9.17) is 9.72 Å². The van der Waals surface area contributed by atoms with Gasteiger partial charge in [0, 0.05) is 6.54 Å². The fraction of sp³-hybridized carbons (Fsp3) is 0.333. The first-order chi connectivity index (χ1) is 12.6. The lowest BCUT2D eigenvalue weighted by atomic mass is 10.1. The van der Waals surface area contributed by atoms with E-state index in [2.05, 4.69) is 41.9 Å². The standard InChI is InChI=1S/C21H25N3O2/c1-15-9-10-18(13-16(15)2)26-12-6-11-24-20-8-5-4-7-19(20)23-21(24)17(3)22-14-25/h4-5,7-10,13-14,17H,6,11-12H2,1-3H3,(H,22,25). The van der Waals surface area contributed by atoms with Crippen molar-refractivity contribution >= 4 is 17.4 Å². The number of rotatable bonds is 8. The Morgan fingerprint density at radius 1 is 1.19 bits per heavy atom. The van der Waals surface area contributed by atoms with Crippen LogP contribution in [0, 0.1) is 13.8 Å². The second kappa shape index (κ2) is 8.04. The van der Waals surface area contributed by atoms with Crippen molar-refractivity contribution in [2.45, 2.75) is 39.8 Å². The molecule has 1 aromatic heterocycles. The summed E-state index contributed by atoms with van der Waals surface area (Å²) < 4.78 is 8.06. The summed E-state index contributed by atoms with van der Waals surface area (Å²) in [7, 11) is 0. The van der Waals surface area contributed by atoms with Crippen molar-refractivity contribution in [2.75, 3.05) is 6.61 Å². The van der Waals surface area contributed by atoms with Gasteiger partial charge in [0.1, 0.15) is 11.6 Å². The fourth-order valence-corrected chi connectivity index (χ4v) is 3.05. The van der Waals surface area contributed by atoms with Gasteiger partial charge in [0.2, 0.25) is 6.41 Å². The summed E-state index contributed by atoms with van der Waals surface area (Å²) in [6.45, 7) is 7.54. The van der Waals surface area contributed by atoms with Crippen molar-refractivity contribution in [1.29, 1.82) is 0 Å². The molecule has 1 N–H and O–H groups in total. The summed E-state index contributed by atoms with van der Waals surface area (Å²) in [4.78, 5) is 15.5. The zero-order valence-electron chi connectivity index (χ0n) is 15.5. The van der Waals surface area contributed by atoms with Crippen molar-refractivity contribution in [3.8, 4) is 5.75 Å². The number of carbonyl (C=O) groups excluding carboxylic acids is 1. The SMILES string of the molecule is Cc1ccc(OCCCn2c(C(C)NC=O)nc3ccccc32)cc1C. The Balaban J connectivity index is 1.70. The fourth-order valence-electron chi connectivity index (χ4n) is 3.05. The Kier molecular flexibility index (Phi) is 5.56. The summed E-state index contributed by atoms with van der Waals surface area (Å²) in [5.41, 5.74) is 4.52. The number of ether oxygens (including phenoxy) is 1. The maximum Gasteiger partial charge on any atom is 0.207 e. The minimum absolute atomic E-state index is 0.138. The number of fused-ring (bicyclic) bond motifs is 1. The molecule has 0 saturated heterocycles. The first-order valence-electron chi connectivity index (χ1n) is 8.95. The number of nitrogens with zero attached hydrogens (tertiary/aromatic N) is 2. The summed E-state index contributed by atoms with van der Waals surface area (Å²) in [6, 6.07) is 14.1. The molecule has 3 rings (SSSR count). The second-order valence-electron chi connectivity index (χ2n) is 6.56. The molecule has 1 unspecified atom stereocenters. The van der Waals surface area contributed by atoms with Crippen LogP contribution in [0.3, 0.4) is 0 Å². The molecule has 2 aromatic carbocycles. The van der Waals surface area contributed by atoms with Gasteiger partial charge < -0.3 is 14.6 Å². The summed E-state index contributed by atoms with van der Waals surface area (Å²) in [6.07, 6.45) is 1.57. The number of carbonyl (C=O) groups is 1. The van der Waals surface area contributed by atoms with Gasteiger partial charge in [-0.15, -0.1) is 0 Å². The molecule has 1 amide bonds. The lowest BCUT2D eigenvalue weighted by Crippen LogP contribution is -2.21. The minimum Gasteiger partial charge on any atom is -0.494 e. The smallest absolute Gasteiger partial charge is 0.207 e. The molecule has 0 aliphatic rings. The third-order valence-corrected chi connectivity index (χ3v) is 4.66. The van der Waals surface area contributed by atoms with Crippen LogP contribution in [0.2, 0.25) is 0 Å². The number of para-hydroxylation sites is 2. The lowest BCUT2D eigenvalue weighted by molar-refractivity contribution is -0.110. The molecule has 0 spiro atoms. The van der Waals surface area contributed by atoms with Gasteiger partial charge in [-0.2, -0.15) is 0 Å². The molecular formula is C21H25N3O2. The topological polar surface area (TPSA) is 56.1 Å². The third kappa shape index (κ3) is 3.87. The van der Waals surface area contributed by atoms with Crippen LogP contribution in [0.1, 0.15) is 36.3 Å². The molecule has 0 radical (unpaired) electrons. The molecule has 1 heterocycles. The molecule has 136 valence electrons. The van der Waals surface area contributed by atoms with Gasteiger partial charge in [0.25, 0.3) is 0 Å². The largest absolute Gasteiger partial charge is 0.494 e. The van der Waals surface area contributed by atoms with Gasteiger partial charge in [-0.25, -0.2) is 4.98 Å². The molecule has 3 aromatic rings. The quantitative estimate of drug-likeness (QED) is 0.494. The zero-order chi connectivity index (χ0) is 18.5. The number of hydrogen-bond acceptors (Lipinski definition) is 3. The van der Waals surface area contributed by atoms with Crippen LogP contribution >= 0.6 is 0 Å². The predicted octanol–water partition coefficient (Wildman–Crippen LogP) is 3.93. The van der Waals surface area contributed by atoms with Crippen LogP contribution in [0.25, 0.3) is 11.0 Å². The Labute approximate surface area is 154 Å². The van der Waals surface area contributed by atoms with Crippen LogP contribution < -0.4 is 10.1 Å². The normalized spacial score (nSPS) is 12.1. The molecule has 26 heavy (non-hydrogen) atoms. The highest BCUT2D eigenvalue weighted by Gasteiger charge is 2.15. The van der Waals surface area contributed by atoms with E-state index in [9.17, 15) is 4.79 Å². The van der Waals surface area contributed by atoms with E-state index in [0.29, 0.717) is 6.61 Å². The molecule has 0 fully saturated rings. The van der Waals surface area contributed by atoms with Crippen molar-refractivity contribution < 1.29 is 9.53 Å². The molecule has 5 nitrogen and oxygen atoms in total. The van der Waals surface area contributed by atoms with Gasteiger partial charge in [0.05, 0.1) is 23.7 Å². The highest BCUT2D eigenvalue weighted by Crippen LogP contribution is 2.21. The summed E-state index contributed by atoms with van der Waals surface area (Å²) >= 11 is 0. The molecule has 0 saturated carbocycles. The van der Waals surface area contributed by atoms with Crippen molar-refractivity contribution in [1.82, 2.24) is 14.9 Å². The van der Waals surface area contributed by atoms with Crippen LogP contribution in [0.4, 0.5) is 0 Å². The van der Waals surface area contributed by atoms with Gasteiger partial charge in [-0.1, -0.05) is 18.2 Å². The molecule has 0 bridgehead atoms. The number of aromatic nitrogens is 2. The van der Waals surface area contributed by atoms with Crippen molar-refractivity contribution in [2.24, 2.45) is 0 Å². The lowest BCUT2D eigenvalue weighted by Gasteiger charge is -2.14. The van der Waals surface area contributed by atoms with E-state index in [1.54, 1.807) is 0 Å². The van der Waals surface area contributed by atoms with Gasteiger partial charge >= 0.3 is 0 Å². The van der Waals surface area contributed by atoms with E-state index in [1.165, 1.54) is 11.1 Å². The maximum atomic E-state index is 10.8. The average molecular weight is 351 g/mol. The van der Waals surface area contributed by atoms with Crippen molar-refractivity contribution in [3.05, 3.63) is 59.4 Å². The number of benzene rings is 2. The van der Waals surface area contributed by atoms with Crippen LogP contribution in [-0.2, 0) is 11.3 Å². The number of imidazole rings is 1. The number of aryl methyl sites for hydroxylation is 3. The first kappa shape index (κ1) is 18.0. The van der Waals surface area contributed by atoms with Gasteiger partial charge in [0.15, 0.2) is 0 Å². The van der Waals surface area contributed by atoms with Crippen LogP contribution in [0.15, 0.2) is 42.5 Å². The van der Waals surface area contributed by atoms with Gasteiger partial charge in [-0.05, 0) is 62.6 Å². The number of nitrogens with one attached hydrogen (secondary N) is 1. The minimum atomic E-state index is -0.138. The van der Waals surface area contributed by atoms with E-state index < -0.39 is 0 Å². The Morgan fingerprint density at radius 3 is 2.77 bits per heavy atom. The monoisotopic (exact) mass is 351 g/mol.